The summed E-state index contributed by atoms with van der Waals surface area (Å²) in [5.41, 5.74) is 10.5. The number of aryl methyl sites for hydroxylation is 4. The molecule has 0 spiro atoms. The van der Waals surface area contributed by atoms with Crippen LogP contribution in [0.3, 0.4) is 0 Å². The minimum absolute atomic E-state index is 1.29. The maximum atomic E-state index is 2.32. The van der Waals surface area contributed by atoms with E-state index in [1.165, 1.54) is 44.5 Å². The van der Waals surface area contributed by atoms with Gasteiger partial charge in [-0.3, -0.25) is 0 Å². The molecular formula is C22H22. The minimum Gasteiger partial charge on any atom is -0.0614 e. The van der Waals surface area contributed by atoms with Crippen molar-refractivity contribution in [3.05, 3.63) is 82.9 Å². The fourth-order valence-electron chi connectivity index (χ4n) is 2.98. The summed E-state index contributed by atoms with van der Waals surface area (Å²) in [6, 6.07) is 22.1. The molecule has 0 aliphatic rings. The zero-order valence-electron chi connectivity index (χ0n) is 13.8. The van der Waals surface area contributed by atoms with Crippen molar-refractivity contribution < 1.29 is 0 Å². The van der Waals surface area contributed by atoms with Gasteiger partial charge < -0.3 is 0 Å². The normalized spacial score (nSPS) is 10.7. The average molecular weight is 286 g/mol. The Hall–Kier alpha value is -2.34. The van der Waals surface area contributed by atoms with Crippen LogP contribution in [0.5, 0.6) is 0 Å². The lowest BCUT2D eigenvalue weighted by atomic mass is 9.91. The third-order valence-electron chi connectivity index (χ3n) is 4.26. The van der Waals surface area contributed by atoms with E-state index in [1.54, 1.807) is 0 Å². The smallest absolute Gasteiger partial charge is 0.0152 e. The summed E-state index contributed by atoms with van der Waals surface area (Å²) in [6.45, 7) is 8.68. The van der Waals surface area contributed by atoms with Crippen LogP contribution >= 0.6 is 0 Å². The quantitative estimate of drug-likeness (QED) is 0.522. The van der Waals surface area contributed by atoms with Crippen molar-refractivity contribution in [3.8, 4) is 22.3 Å². The highest BCUT2D eigenvalue weighted by Crippen LogP contribution is 2.32. The first-order valence-electron chi connectivity index (χ1n) is 7.80. The SMILES string of the molecule is Cc1ccc(-c2cc(C)c(-c3cccc(C)c3)cc2C)cc1. The van der Waals surface area contributed by atoms with Gasteiger partial charge in [0.1, 0.15) is 0 Å². The molecule has 0 saturated carbocycles. The van der Waals surface area contributed by atoms with Crippen LogP contribution in [0.4, 0.5) is 0 Å². The molecule has 0 aliphatic carbocycles. The molecule has 3 aromatic rings. The van der Waals surface area contributed by atoms with Crippen LogP contribution < -0.4 is 0 Å². The van der Waals surface area contributed by atoms with Crippen molar-refractivity contribution >= 4 is 0 Å². The molecule has 0 atom stereocenters. The standard InChI is InChI=1S/C22H22/c1-15-8-10-19(11-9-15)21-13-18(4)22(14-17(21)3)20-7-5-6-16(2)12-20/h5-14H,1-4H3. The molecule has 0 N–H and O–H groups in total. The van der Waals surface area contributed by atoms with E-state index >= 15 is 0 Å². The van der Waals surface area contributed by atoms with E-state index in [-0.39, 0.29) is 0 Å². The van der Waals surface area contributed by atoms with Gasteiger partial charge in [-0.1, -0.05) is 71.8 Å². The van der Waals surface area contributed by atoms with E-state index in [4.69, 9.17) is 0 Å². The summed E-state index contributed by atoms with van der Waals surface area (Å²) in [5.74, 6) is 0. The monoisotopic (exact) mass is 286 g/mol. The highest BCUT2D eigenvalue weighted by atomic mass is 14.1. The fraction of sp³-hybridized carbons (Fsp3) is 0.182. The van der Waals surface area contributed by atoms with E-state index in [2.05, 4.69) is 88.4 Å². The molecule has 0 radical (unpaired) electrons. The lowest BCUT2D eigenvalue weighted by Gasteiger charge is -2.13. The van der Waals surface area contributed by atoms with Crippen LogP contribution in [0.2, 0.25) is 0 Å². The predicted molar refractivity (Wildman–Crippen MR) is 96.3 cm³/mol. The van der Waals surface area contributed by atoms with Gasteiger partial charge in [-0.2, -0.15) is 0 Å². The van der Waals surface area contributed by atoms with Gasteiger partial charge in [0.15, 0.2) is 0 Å². The van der Waals surface area contributed by atoms with E-state index < -0.39 is 0 Å². The van der Waals surface area contributed by atoms with Crippen molar-refractivity contribution in [1.82, 2.24) is 0 Å². The van der Waals surface area contributed by atoms with Crippen LogP contribution in [0.15, 0.2) is 60.7 Å². The maximum Gasteiger partial charge on any atom is -0.0152 e. The van der Waals surface area contributed by atoms with Crippen LogP contribution in [-0.2, 0) is 0 Å². The van der Waals surface area contributed by atoms with Crippen molar-refractivity contribution in [2.75, 3.05) is 0 Å². The second-order valence-corrected chi connectivity index (χ2v) is 6.22. The van der Waals surface area contributed by atoms with Crippen LogP contribution in [0.1, 0.15) is 22.3 Å². The van der Waals surface area contributed by atoms with E-state index in [9.17, 15) is 0 Å². The molecule has 110 valence electrons. The molecule has 0 amide bonds. The van der Waals surface area contributed by atoms with Crippen LogP contribution in [-0.4, -0.2) is 0 Å². The first-order valence-corrected chi connectivity index (χ1v) is 7.80. The first-order chi connectivity index (χ1) is 10.5. The minimum atomic E-state index is 1.29. The highest BCUT2D eigenvalue weighted by molar-refractivity contribution is 5.76. The van der Waals surface area contributed by atoms with Crippen LogP contribution in [0.25, 0.3) is 22.3 Å². The molecule has 3 aromatic carbocycles. The molecule has 0 heteroatoms. The Balaban J connectivity index is 2.10. The van der Waals surface area contributed by atoms with Gasteiger partial charge in [-0.25, -0.2) is 0 Å². The largest absolute Gasteiger partial charge is 0.0614 e. The molecule has 0 aliphatic heterocycles. The Labute approximate surface area is 133 Å². The highest BCUT2D eigenvalue weighted by Gasteiger charge is 2.08. The summed E-state index contributed by atoms with van der Waals surface area (Å²) in [5, 5.41) is 0. The molecule has 0 nitrogen and oxygen atoms in total. The average Bonchev–Trinajstić information content (AvgIpc) is 2.50. The number of hydrogen-bond acceptors (Lipinski definition) is 0. The lowest BCUT2D eigenvalue weighted by Crippen LogP contribution is -1.90. The number of hydrogen-bond donors (Lipinski definition) is 0. The van der Waals surface area contributed by atoms with Crippen molar-refractivity contribution in [2.24, 2.45) is 0 Å². The summed E-state index contributed by atoms with van der Waals surface area (Å²) < 4.78 is 0. The topological polar surface area (TPSA) is 0 Å². The molecule has 0 heterocycles. The van der Waals surface area contributed by atoms with Crippen LogP contribution in [0, 0.1) is 27.7 Å². The van der Waals surface area contributed by atoms with Gasteiger partial charge in [0.2, 0.25) is 0 Å². The van der Waals surface area contributed by atoms with Crippen molar-refractivity contribution in [1.29, 1.82) is 0 Å². The molecule has 0 unspecified atom stereocenters. The molecular weight excluding hydrogens is 264 g/mol. The Morgan fingerprint density at radius 3 is 1.68 bits per heavy atom. The second-order valence-electron chi connectivity index (χ2n) is 6.22. The maximum absolute atomic E-state index is 2.32. The zero-order valence-corrected chi connectivity index (χ0v) is 13.8. The Morgan fingerprint density at radius 2 is 1.09 bits per heavy atom. The van der Waals surface area contributed by atoms with E-state index in [0.29, 0.717) is 0 Å². The first kappa shape index (κ1) is 14.6. The van der Waals surface area contributed by atoms with Gasteiger partial charge in [-0.15, -0.1) is 0 Å². The van der Waals surface area contributed by atoms with E-state index in [0.717, 1.165) is 0 Å². The van der Waals surface area contributed by atoms with Gasteiger partial charge in [0.25, 0.3) is 0 Å². The molecule has 0 aromatic heterocycles. The predicted octanol–water partition coefficient (Wildman–Crippen LogP) is 6.25. The van der Waals surface area contributed by atoms with Gasteiger partial charge >= 0.3 is 0 Å². The van der Waals surface area contributed by atoms with Gasteiger partial charge in [0.05, 0.1) is 0 Å². The van der Waals surface area contributed by atoms with Gasteiger partial charge in [0, 0.05) is 0 Å². The summed E-state index contributed by atoms with van der Waals surface area (Å²) >= 11 is 0. The summed E-state index contributed by atoms with van der Waals surface area (Å²) in [4.78, 5) is 0. The fourth-order valence-corrected chi connectivity index (χ4v) is 2.98. The summed E-state index contributed by atoms with van der Waals surface area (Å²) in [6.07, 6.45) is 0. The third kappa shape index (κ3) is 2.82. The Morgan fingerprint density at radius 1 is 0.500 bits per heavy atom. The summed E-state index contributed by atoms with van der Waals surface area (Å²) in [7, 11) is 0. The Kier molecular flexibility index (Phi) is 3.85. The zero-order chi connectivity index (χ0) is 15.7. The van der Waals surface area contributed by atoms with Crippen molar-refractivity contribution in [3.63, 3.8) is 0 Å². The number of rotatable bonds is 2. The Bertz CT molecular complexity index is 808. The van der Waals surface area contributed by atoms with Crippen molar-refractivity contribution in [2.45, 2.75) is 27.7 Å². The molecule has 3 rings (SSSR count). The van der Waals surface area contributed by atoms with E-state index in [1.807, 2.05) is 0 Å². The molecule has 0 bridgehead atoms. The second kappa shape index (κ2) is 5.81. The van der Waals surface area contributed by atoms with Gasteiger partial charge in [-0.05, 0) is 61.1 Å². The lowest BCUT2D eigenvalue weighted by molar-refractivity contribution is 1.37. The molecule has 0 saturated heterocycles. The molecule has 0 fully saturated rings. The molecule has 22 heavy (non-hydrogen) atoms. The third-order valence-corrected chi connectivity index (χ3v) is 4.26. The number of benzene rings is 3.